The summed E-state index contributed by atoms with van der Waals surface area (Å²) in [6.45, 7) is 14.1. The van der Waals surface area contributed by atoms with Gasteiger partial charge in [0.05, 0.1) is 5.69 Å². The number of rotatable bonds is 4. The van der Waals surface area contributed by atoms with Gasteiger partial charge in [-0.15, -0.1) is 10.2 Å². The summed E-state index contributed by atoms with van der Waals surface area (Å²) in [4.78, 5) is 19.5. The third kappa shape index (κ3) is 4.60. The number of carbonyl (C=O) groups excluding carboxylic acids is 1. The van der Waals surface area contributed by atoms with Crippen LogP contribution in [0.15, 0.2) is 35.5 Å². The van der Waals surface area contributed by atoms with Crippen LogP contribution in [0.2, 0.25) is 0 Å². The molecule has 1 aromatic heterocycles. The van der Waals surface area contributed by atoms with E-state index >= 15 is 0 Å². The Balaban J connectivity index is 1.95. The zero-order valence-electron chi connectivity index (χ0n) is 20.3. The number of aromatic nitrogens is 3. The average molecular weight is 463 g/mol. The standard InChI is InChI=1S/C26H30N4O2S/c1-14(2)13-33-26-27-24-22(28-29-26)21-11-15(3)10-18(6)23(21)30(19(7)31)25(32-24)20-9-8-16(4)17(5)12-20/h8-12,14,25H,13H2,1-7H3. The Labute approximate surface area is 199 Å². The summed E-state index contributed by atoms with van der Waals surface area (Å²) in [5.74, 6) is 1.67. The van der Waals surface area contributed by atoms with Gasteiger partial charge in [-0.25, -0.2) is 0 Å². The van der Waals surface area contributed by atoms with Gasteiger partial charge in [0.2, 0.25) is 23.2 Å². The molecule has 1 aliphatic rings. The van der Waals surface area contributed by atoms with E-state index in [2.05, 4.69) is 56.1 Å². The summed E-state index contributed by atoms with van der Waals surface area (Å²) in [7, 11) is 0. The topological polar surface area (TPSA) is 68.2 Å². The van der Waals surface area contributed by atoms with Gasteiger partial charge in [0.15, 0.2) is 5.69 Å². The Bertz CT molecular complexity index is 1230. The van der Waals surface area contributed by atoms with Crippen LogP contribution in [0.4, 0.5) is 5.69 Å². The molecule has 1 amide bonds. The molecular formula is C26H30N4O2S. The van der Waals surface area contributed by atoms with Gasteiger partial charge in [0.1, 0.15) is 0 Å². The van der Waals surface area contributed by atoms with Crippen LogP contribution >= 0.6 is 11.8 Å². The van der Waals surface area contributed by atoms with E-state index in [0.29, 0.717) is 22.6 Å². The van der Waals surface area contributed by atoms with Crippen LogP contribution in [0, 0.1) is 33.6 Å². The fourth-order valence-corrected chi connectivity index (χ4v) is 4.77. The maximum absolute atomic E-state index is 13.1. The molecule has 0 aliphatic carbocycles. The highest BCUT2D eigenvalue weighted by atomic mass is 32.2. The number of aryl methyl sites for hydroxylation is 4. The van der Waals surface area contributed by atoms with Crippen LogP contribution in [0.5, 0.6) is 5.88 Å². The number of ether oxygens (including phenoxy) is 1. The molecule has 7 heteroatoms. The van der Waals surface area contributed by atoms with Gasteiger partial charge in [-0.1, -0.05) is 55.4 Å². The van der Waals surface area contributed by atoms with Crippen LogP contribution in [-0.2, 0) is 4.79 Å². The maximum atomic E-state index is 13.1. The van der Waals surface area contributed by atoms with Crippen molar-refractivity contribution < 1.29 is 9.53 Å². The van der Waals surface area contributed by atoms with Crippen molar-refractivity contribution in [2.75, 3.05) is 10.7 Å². The molecule has 6 nitrogen and oxygen atoms in total. The van der Waals surface area contributed by atoms with Crippen LogP contribution in [-0.4, -0.2) is 26.8 Å². The van der Waals surface area contributed by atoms with Crippen molar-refractivity contribution in [1.82, 2.24) is 15.2 Å². The van der Waals surface area contributed by atoms with Gasteiger partial charge in [-0.2, -0.15) is 4.98 Å². The van der Waals surface area contributed by atoms with Crippen molar-refractivity contribution >= 4 is 23.4 Å². The molecule has 1 aliphatic heterocycles. The van der Waals surface area contributed by atoms with Crippen molar-refractivity contribution in [1.29, 1.82) is 0 Å². The first-order valence-electron chi connectivity index (χ1n) is 11.2. The number of carbonyl (C=O) groups is 1. The van der Waals surface area contributed by atoms with Gasteiger partial charge < -0.3 is 4.74 Å². The van der Waals surface area contributed by atoms with E-state index in [1.165, 1.54) is 5.56 Å². The molecule has 0 saturated carbocycles. The van der Waals surface area contributed by atoms with Crippen molar-refractivity contribution in [3.05, 3.63) is 58.1 Å². The summed E-state index contributed by atoms with van der Waals surface area (Å²) in [5.41, 5.74) is 7.42. The molecular weight excluding hydrogens is 432 g/mol. The van der Waals surface area contributed by atoms with Gasteiger partial charge in [0, 0.05) is 23.8 Å². The lowest BCUT2D eigenvalue weighted by Gasteiger charge is -2.31. The lowest BCUT2D eigenvalue weighted by Crippen LogP contribution is -2.36. The Morgan fingerprint density at radius 3 is 2.48 bits per heavy atom. The third-order valence-electron chi connectivity index (χ3n) is 5.74. The molecule has 33 heavy (non-hydrogen) atoms. The summed E-state index contributed by atoms with van der Waals surface area (Å²) >= 11 is 1.56. The lowest BCUT2D eigenvalue weighted by molar-refractivity contribution is -0.118. The number of fused-ring (bicyclic) bond motifs is 3. The first-order chi connectivity index (χ1) is 15.7. The van der Waals surface area contributed by atoms with Crippen LogP contribution in [0.3, 0.4) is 0 Å². The first kappa shape index (κ1) is 23.2. The fraction of sp³-hybridized carbons (Fsp3) is 0.385. The molecule has 172 valence electrons. The van der Waals surface area contributed by atoms with E-state index in [1.807, 2.05) is 26.0 Å². The summed E-state index contributed by atoms with van der Waals surface area (Å²) in [5, 5.41) is 9.49. The second kappa shape index (κ2) is 9.14. The summed E-state index contributed by atoms with van der Waals surface area (Å²) < 4.78 is 6.51. The first-order valence-corrected chi connectivity index (χ1v) is 12.2. The van der Waals surface area contributed by atoms with E-state index in [-0.39, 0.29) is 5.91 Å². The second-order valence-electron chi connectivity index (χ2n) is 9.13. The number of thioether (sulfide) groups is 1. The minimum absolute atomic E-state index is 0.110. The summed E-state index contributed by atoms with van der Waals surface area (Å²) in [6, 6.07) is 10.3. The molecule has 0 spiro atoms. The number of hydrogen-bond donors (Lipinski definition) is 0. The number of nitrogens with zero attached hydrogens (tertiary/aromatic N) is 4. The Kier molecular flexibility index (Phi) is 6.43. The van der Waals surface area contributed by atoms with Crippen LogP contribution in [0.1, 0.15) is 54.8 Å². The minimum Gasteiger partial charge on any atom is -0.447 e. The smallest absolute Gasteiger partial charge is 0.247 e. The van der Waals surface area contributed by atoms with Gasteiger partial charge in [0.25, 0.3) is 0 Å². The second-order valence-corrected chi connectivity index (χ2v) is 10.1. The zero-order valence-corrected chi connectivity index (χ0v) is 21.1. The van der Waals surface area contributed by atoms with Crippen molar-refractivity contribution in [3.63, 3.8) is 0 Å². The fourth-order valence-electron chi connectivity index (χ4n) is 4.05. The molecule has 4 rings (SSSR count). The Hall–Kier alpha value is -2.93. The lowest BCUT2D eigenvalue weighted by atomic mass is 9.99. The van der Waals surface area contributed by atoms with E-state index in [4.69, 9.17) is 9.72 Å². The van der Waals surface area contributed by atoms with Gasteiger partial charge in [-0.05, 0) is 56.4 Å². The minimum atomic E-state index is -0.664. The number of hydrogen-bond acceptors (Lipinski definition) is 6. The molecule has 2 heterocycles. The van der Waals surface area contributed by atoms with E-state index in [0.717, 1.165) is 39.3 Å². The number of anilines is 1. The normalized spacial score (nSPS) is 15.0. The monoisotopic (exact) mass is 462 g/mol. The molecule has 2 aromatic carbocycles. The largest absolute Gasteiger partial charge is 0.447 e. The van der Waals surface area contributed by atoms with Crippen molar-refractivity contribution in [3.8, 4) is 17.1 Å². The Morgan fingerprint density at radius 2 is 1.82 bits per heavy atom. The summed E-state index contributed by atoms with van der Waals surface area (Å²) in [6.07, 6.45) is -0.664. The highest BCUT2D eigenvalue weighted by Crippen LogP contribution is 2.45. The molecule has 0 saturated heterocycles. The van der Waals surface area contributed by atoms with Gasteiger partial charge >= 0.3 is 0 Å². The predicted molar refractivity (Wildman–Crippen MR) is 133 cm³/mol. The highest BCUT2D eigenvalue weighted by Gasteiger charge is 2.36. The number of benzene rings is 2. The third-order valence-corrected chi connectivity index (χ3v) is 7.00. The quantitative estimate of drug-likeness (QED) is 0.445. The highest BCUT2D eigenvalue weighted by molar-refractivity contribution is 7.99. The molecule has 0 N–H and O–H groups in total. The maximum Gasteiger partial charge on any atom is 0.247 e. The van der Waals surface area contributed by atoms with Crippen molar-refractivity contribution in [2.45, 2.75) is 59.9 Å². The van der Waals surface area contributed by atoms with E-state index in [9.17, 15) is 4.79 Å². The SMILES string of the molecule is CC(=O)N1c2c(C)cc(C)cc2-c2nnc(SCC(C)C)nc2OC1c1ccc(C)c(C)c1. The molecule has 0 bridgehead atoms. The van der Waals surface area contributed by atoms with E-state index in [1.54, 1.807) is 23.6 Å². The molecule has 0 fully saturated rings. The van der Waals surface area contributed by atoms with Gasteiger partial charge in [-0.3, -0.25) is 9.69 Å². The zero-order chi connectivity index (χ0) is 23.9. The molecule has 1 atom stereocenters. The number of amides is 1. The molecule has 1 unspecified atom stereocenters. The van der Waals surface area contributed by atoms with Crippen molar-refractivity contribution in [2.24, 2.45) is 5.92 Å². The Morgan fingerprint density at radius 1 is 1.06 bits per heavy atom. The molecule has 0 radical (unpaired) electrons. The average Bonchev–Trinajstić information content (AvgIpc) is 2.89. The van der Waals surface area contributed by atoms with Crippen LogP contribution < -0.4 is 9.64 Å². The molecule has 3 aromatic rings. The predicted octanol–water partition coefficient (Wildman–Crippen LogP) is 5.96. The van der Waals surface area contributed by atoms with E-state index < -0.39 is 6.23 Å². The van der Waals surface area contributed by atoms with Crippen LogP contribution in [0.25, 0.3) is 11.3 Å².